The highest BCUT2D eigenvalue weighted by molar-refractivity contribution is 6.43. The van der Waals surface area contributed by atoms with Gasteiger partial charge in [0.2, 0.25) is 0 Å². The first kappa shape index (κ1) is 17.3. The summed E-state index contributed by atoms with van der Waals surface area (Å²) in [5, 5.41) is 5.14. The van der Waals surface area contributed by atoms with Gasteiger partial charge in [-0.15, -0.1) is 0 Å². The first-order valence-electron chi connectivity index (χ1n) is 7.45. The molecule has 0 bridgehead atoms. The summed E-state index contributed by atoms with van der Waals surface area (Å²) in [5.41, 5.74) is 3.16. The van der Waals surface area contributed by atoms with E-state index >= 15 is 0 Å². The number of methoxy groups -OCH3 is 1. The average Bonchev–Trinajstić information content (AvgIpc) is 2.55. The molecule has 0 saturated carbocycles. The summed E-state index contributed by atoms with van der Waals surface area (Å²) in [4.78, 5) is 26.0. The zero-order chi connectivity index (χ0) is 17.7. The van der Waals surface area contributed by atoms with E-state index in [1.165, 1.54) is 0 Å². The van der Waals surface area contributed by atoms with Crippen LogP contribution in [0.2, 0.25) is 0 Å². The van der Waals surface area contributed by atoms with Gasteiger partial charge in [-0.2, -0.15) is 0 Å². The molecule has 0 radical (unpaired) electrons. The first-order chi connectivity index (χ1) is 11.4. The largest absolute Gasteiger partial charge is 0.497 e. The van der Waals surface area contributed by atoms with Gasteiger partial charge in [0.1, 0.15) is 5.75 Å². The molecular weight excluding hydrogens is 306 g/mol. The number of rotatable bonds is 4. The topological polar surface area (TPSA) is 70.7 Å². The molecule has 2 aromatic rings. The molecule has 6 heteroatoms. The van der Waals surface area contributed by atoms with Crippen LogP contribution in [0.4, 0.5) is 17.1 Å². The molecule has 2 amide bonds. The van der Waals surface area contributed by atoms with Gasteiger partial charge in [0.05, 0.1) is 7.11 Å². The van der Waals surface area contributed by atoms with E-state index < -0.39 is 11.8 Å². The lowest BCUT2D eigenvalue weighted by molar-refractivity contribution is -0.132. The number of amides is 2. The number of nitrogens with one attached hydrogen (secondary N) is 2. The maximum atomic E-state index is 12.0. The fourth-order valence-corrected chi connectivity index (χ4v) is 2.29. The highest BCUT2D eigenvalue weighted by Gasteiger charge is 2.14. The van der Waals surface area contributed by atoms with E-state index in [2.05, 4.69) is 10.6 Å². The number of aryl methyl sites for hydroxylation is 1. The Morgan fingerprint density at radius 3 is 1.96 bits per heavy atom. The highest BCUT2D eigenvalue weighted by atomic mass is 16.5. The van der Waals surface area contributed by atoms with Gasteiger partial charge < -0.3 is 20.3 Å². The van der Waals surface area contributed by atoms with Gasteiger partial charge in [-0.1, -0.05) is 0 Å². The van der Waals surface area contributed by atoms with Gasteiger partial charge in [0, 0.05) is 31.2 Å². The molecular formula is C18H21N3O3. The predicted octanol–water partition coefficient (Wildman–Crippen LogP) is 2.65. The number of hydrogen-bond acceptors (Lipinski definition) is 4. The van der Waals surface area contributed by atoms with Crippen molar-refractivity contribution in [3.8, 4) is 5.75 Å². The third kappa shape index (κ3) is 4.25. The molecule has 24 heavy (non-hydrogen) atoms. The van der Waals surface area contributed by atoms with Crippen LogP contribution >= 0.6 is 0 Å². The van der Waals surface area contributed by atoms with Crippen LogP contribution < -0.4 is 20.3 Å². The average molecular weight is 327 g/mol. The van der Waals surface area contributed by atoms with E-state index in [0.717, 1.165) is 11.3 Å². The number of anilines is 3. The number of ether oxygens (including phenoxy) is 1. The molecule has 0 saturated heterocycles. The van der Waals surface area contributed by atoms with Crippen LogP contribution in [-0.4, -0.2) is 33.0 Å². The van der Waals surface area contributed by atoms with Crippen LogP contribution in [0.25, 0.3) is 0 Å². The number of nitrogens with zero attached hydrogens (tertiary/aromatic N) is 1. The Morgan fingerprint density at radius 2 is 1.46 bits per heavy atom. The van der Waals surface area contributed by atoms with Gasteiger partial charge in [-0.3, -0.25) is 9.59 Å². The minimum atomic E-state index is -0.727. The summed E-state index contributed by atoms with van der Waals surface area (Å²) in [7, 11) is 5.45. The predicted molar refractivity (Wildman–Crippen MR) is 95.8 cm³/mol. The zero-order valence-corrected chi connectivity index (χ0v) is 14.2. The second kappa shape index (κ2) is 7.50. The minimum Gasteiger partial charge on any atom is -0.497 e. The SMILES string of the molecule is COc1ccc(NC(=O)C(=O)Nc2ccc(N(C)C)c(C)c2)cc1. The third-order valence-corrected chi connectivity index (χ3v) is 3.49. The summed E-state index contributed by atoms with van der Waals surface area (Å²) in [6, 6.07) is 12.2. The molecule has 126 valence electrons. The quantitative estimate of drug-likeness (QED) is 0.847. The van der Waals surface area contributed by atoms with Crippen molar-refractivity contribution < 1.29 is 14.3 Å². The van der Waals surface area contributed by atoms with Crippen molar-refractivity contribution in [1.82, 2.24) is 0 Å². The molecule has 0 aliphatic carbocycles. The molecule has 0 aromatic heterocycles. The van der Waals surface area contributed by atoms with Crippen LogP contribution in [0.3, 0.4) is 0 Å². The third-order valence-electron chi connectivity index (χ3n) is 3.49. The van der Waals surface area contributed by atoms with Crippen molar-refractivity contribution in [2.45, 2.75) is 6.92 Å². The lowest BCUT2D eigenvalue weighted by atomic mass is 10.1. The highest BCUT2D eigenvalue weighted by Crippen LogP contribution is 2.22. The minimum absolute atomic E-state index is 0.523. The number of benzene rings is 2. The van der Waals surface area contributed by atoms with Crippen LogP contribution in [0.1, 0.15) is 5.56 Å². The van der Waals surface area contributed by atoms with Gasteiger partial charge in [0.25, 0.3) is 0 Å². The smallest absolute Gasteiger partial charge is 0.314 e. The van der Waals surface area contributed by atoms with E-state index in [1.807, 2.05) is 38.1 Å². The Morgan fingerprint density at radius 1 is 0.917 bits per heavy atom. The Balaban J connectivity index is 2.00. The van der Waals surface area contributed by atoms with E-state index in [-0.39, 0.29) is 0 Å². The standard InChI is InChI=1S/C18H21N3O3/c1-12-11-14(7-10-16(12)21(2)3)20-18(23)17(22)19-13-5-8-15(24-4)9-6-13/h5-11H,1-4H3,(H,19,22)(H,20,23). The summed E-state index contributed by atoms with van der Waals surface area (Å²) in [6.45, 7) is 1.95. The molecule has 2 rings (SSSR count). The number of carbonyl (C=O) groups excluding carboxylic acids is 2. The molecule has 0 unspecified atom stereocenters. The molecule has 0 fully saturated rings. The molecule has 0 aliphatic rings. The Labute approximate surface area is 141 Å². The van der Waals surface area contributed by atoms with E-state index in [4.69, 9.17) is 4.74 Å². The van der Waals surface area contributed by atoms with Crippen LogP contribution in [0.5, 0.6) is 5.75 Å². The van der Waals surface area contributed by atoms with Gasteiger partial charge in [-0.25, -0.2) is 0 Å². The van der Waals surface area contributed by atoms with Crippen LogP contribution in [-0.2, 0) is 9.59 Å². The Kier molecular flexibility index (Phi) is 5.42. The van der Waals surface area contributed by atoms with E-state index in [1.54, 1.807) is 37.4 Å². The normalized spacial score (nSPS) is 10.0. The first-order valence-corrected chi connectivity index (χ1v) is 7.45. The van der Waals surface area contributed by atoms with Crippen molar-refractivity contribution in [2.75, 3.05) is 36.7 Å². The van der Waals surface area contributed by atoms with E-state index in [0.29, 0.717) is 17.1 Å². The second-order valence-electron chi connectivity index (χ2n) is 5.53. The molecule has 0 spiro atoms. The van der Waals surface area contributed by atoms with Crippen molar-refractivity contribution in [1.29, 1.82) is 0 Å². The summed E-state index contributed by atoms with van der Waals surface area (Å²) in [6.07, 6.45) is 0. The van der Waals surface area contributed by atoms with Gasteiger partial charge in [0.15, 0.2) is 0 Å². The fourth-order valence-electron chi connectivity index (χ4n) is 2.29. The lowest BCUT2D eigenvalue weighted by Gasteiger charge is -2.16. The summed E-state index contributed by atoms with van der Waals surface area (Å²) in [5.74, 6) is -0.772. The molecule has 6 nitrogen and oxygen atoms in total. The molecule has 0 atom stereocenters. The summed E-state index contributed by atoms with van der Waals surface area (Å²) >= 11 is 0. The summed E-state index contributed by atoms with van der Waals surface area (Å²) < 4.78 is 5.04. The second-order valence-corrected chi connectivity index (χ2v) is 5.53. The molecule has 2 aromatic carbocycles. The van der Waals surface area contributed by atoms with Crippen molar-refractivity contribution in [3.63, 3.8) is 0 Å². The van der Waals surface area contributed by atoms with E-state index in [9.17, 15) is 9.59 Å². The lowest BCUT2D eigenvalue weighted by Crippen LogP contribution is -2.29. The van der Waals surface area contributed by atoms with Gasteiger partial charge >= 0.3 is 11.8 Å². The van der Waals surface area contributed by atoms with Crippen molar-refractivity contribution in [3.05, 3.63) is 48.0 Å². The van der Waals surface area contributed by atoms with Crippen molar-refractivity contribution in [2.24, 2.45) is 0 Å². The Bertz CT molecular complexity index is 740. The molecule has 2 N–H and O–H groups in total. The van der Waals surface area contributed by atoms with Gasteiger partial charge in [-0.05, 0) is 55.0 Å². The zero-order valence-electron chi connectivity index (χ0n) is 14.2. The van der Waals surface area contributed by atoms with Crippen molar-refractivity contribution >= 4 is 28.9 Å². The molecule has 0 aliphatic heterocycles. The Hall–Kier alpha value is -3.02. The number of carbonyl (C=O) groups is 2. The molecule has 0 heterocycles. The monoisotopic (exact) mass is 327 g/mol. The maximum absolute atomic E-state index is 12.0. The maximum Gasteiger partial charge on any atom is 0.314 e. The number of hydrogen-bond donors (Lipinski definition) is 2. The fraction of sp³-hybridized carbons (Fsp3) is 0.222. The van der Waals surface area contributed by atoms with Crippen LogP contribution in [0.15, 0.2) is 42.5 Å². The van der Waals surface area contributed by atoms with Crippen LogP contribution in [0, 0.1) is 6.92 Å².